The first-order valence-corrected chi connectivity index (χ1v) is 10.7. The molecule has 2 saturated carbocycles. The van der Waals surface area contributed by atoms with Crippen molar-refractivity contribution in [3.8, 4) is 0 Å². The molecule has 0 unspecified atom stereocenters. The Balaban J connectivity index is 1.31. The minimum Gasteiger partial charge on any atom is -0.353 e. The molecule has 2 fully saturated rings. The highest BCUT2D eigenvalue weighted by molar-refractivity contribution is 8.01. The van der Waals surface area contributed by atoms with Gasteiger partial charge in [0.2, 0.25) is 5.91 Å². The number of halogens is 1. The molecule has 4 atom stereocenters. The van der Waals surface area contributed by atoms with Gasteiger partial charge >= 0.3 is 0 Å². The molecule has 24 heavy (non-hydrogen) atoms. The minimum absolute atomic E-state index is 0.118. The summed E-state index contributed by atoms with van der Waals surface area (Å²) >= 11 is 9.12. The number of fused-ring (bicyclic) bond motifs is 3. The predicted molar refractivity (Wildman–Crippen MR) is 102 cm³/mol. The Morgan fingerprint density at radius 3 is 3.08 bits per heavy atom. The number of thioether (sulfide) groups is 1. The summed E-state index contributed by atoms with van der Waals surface area (Å²) in [6, 6.07) is 6.02. The topological polar surface area (TPSA) is 42.0 Å². The molecule has 1 aromatic carbocycles. The average Bonchev–Trinajstić information content (AvgIpc) is 3.27. The van der Waals surface area contributed by atoms with Crippen molar-refractivity contribution in [2.75, 3.05) is 5.75 Å². The molecular weight excluding hydrogens is 360 g/mol. The van der Waals surface area contributed by atoms with Gasteiger partial charge in [-0.25, -0.2) is 4.98 Å². The van der Waals surface area contributed by atoms with Gasteiger partial charge in [0, 0.05) is 11.1 Å². The second-order valence-electron chi connectivity index (χ2n) is 7.08. The molecule has 2 aliphatic rings. The van der Waals surface area contributed by atoms with Crippen LogP contribution in [0.2, 0.25) is 5.02 Å². The zero-order valence-corrected chi connectivity index (χ0v) is 16.0. The highest BCUT2D eigenvalue weighted by atomic mass is 35.5. The normalized spacial score (nSPS) is 26.8. The number of rotatable bonds is 5. The quantitative estimate of drug-likeness (QED) is 0.743. The highest BCUT2D eigenvalue weighted by Gasteiger charge is 2.42. The van der Waals surface area contributed by atoms with Gasteiger partial charge in [-0.3, -0.25) is 4.79 Å². The van der Waals surface area contributed by atoms with Gasteiger partial charge in [0.15, 0.2) is 4.34 Å². The highest BCUT2D eigenvalue weighted by Crippen LogP contribution is 2.49. The fourth-order valence-electron chi connectivity index (χ4n) is 4.38. The lowest BCUT2D eigenvalue weighted by atomic mass is 9.84. The Labute approximate surface area is 155 Å². The number of benzene rings is 1. The van der Waals surface area contributed by atoms with Crippen molar-refractivity contribution in [2.24, 2.45) is 17.8 Å². The van der Waals surface area contributed by atoms with Gasteiger partial charge in [-0.05, 0) is 62.1 Å². The van der Waals surface area contributed by atoms with Gasteiger partial charge in [0.1, 0.15) is 0 Å². The molecule has 0 radical (unpaired) electrons. The van der Waals surface area contributed by atoms with Crippen molar-refractivity contribution in [3.63, 3.8) is 0 Å². The van der Waals surface area contributed by atoms with Crippen molar-refractivity contribution in [2.45, 2.75) is 43.0 Å². The molecule has 3 nitrogen and oxygen atoms in total. The van der Waals surface area contributed by atoms with Crippen LogP contribution in [0.15, 0.2) is 22.5 Å². The Bertz CT molecular complexity index is 763. The van der Waals surface area contributed by atoms with Gasteiger partial charge in [-0.15, -0.1) is 11.3 Å². The standard InChI is InChI=1S/C18H21ClN2OS2/c1-10(14-7-11-2-3-12(14)6-11)20-17(22)9-23-18-21-15-8-13(19)4-5-16(15)24-18/h4-5,8,10-12,14H,2-3,6-7,9H2,1H3,(H,20,22)/t10-,11+,12+,14+/m1/s1. The van der Waals surface area contributed by atoms with Crippen molar-refractivity contribution in [1.29, 1.82) is 0 Å². The molecule has 2 bridgehead atoms. The molecule has 1 N–H and O–H groups in total. The lowest BCUT2D eigenvalue weighted by molar-refractivity contribution is -0.119. The number of hydrogen-bond acceptors (Lipinski definition) is 4. The molecule has 1 aromatic heterocycles. The summed E-state index contributed by atoms with van der Waals surface area (Å²) in [4.78, 5) is 16.8. The molecule has 128 valence electrons. The zero-order chi connectivity index (χ0) is 16.7. The molecule has 6 heteroatoms. The van der Waals surface area contributed by atoms with Crippen LogP contribution in [0.5, 0.6) is 0 Å². The summed E-state index contributed by atoms with van der Waals surface area (Å²) in [6.45, 7) is 2.17. The Morgan fingerprint density at radius 1 is 1.46 bits per heavy atom. The average molecular weight is 381 g/mol. The van der Waals surface area contributed by atoms with Gasteiger partial charge in [-0.2, -0.15) is 0 Å². The lowest BCUT2D eigenvalue weighted by Crippen LogP contribution is -2.40. The zero-order valence-electron chi connectivity index (χ0n) is 13.6. The summed E-state index contributed by atoms with van der Waals surface area (Å²) in [5.41, 5.74) is 0.908. The van der Waals surface area contributed by atoms with Crippen molar-refractivity contribution < 1.29 is 4.79 Å². The van der Waals surface area contributed by atoms with Gasteiger partial charge < -0.3 is 5.32 Å². The summed E-state index contributed by atoms with van der Waals surface area (Å²) in [7, 11) is 0. The molecule has 0 saturated heterocycles. The van der Waals surface area contributed by atoms with E-state index in [4.69, 9.17) is 11.6 Å². The van der Waals surface area contributed by atoms with E-state index in [1.165, 1.54) is 37.4 Å². The third kappa shape index (κ3) is 3.44. The second kappa shape index (κ2) is 6.85. The molecule has 0 aliphatic heterocycles. The van der Waals surface area contributed by atoms with Crippen LogP contribution < -0.4 is 5.32 Å². The van der Waals surface area contributed by atoms with E-state index in [1.54, 1.807) is 11.3 Å². The number of thiazole rings is 1. The first kappa shape index (κ1) is 16.7. The van der Waals surface area contributed by atoms with Crippen LogP contribution in [0.4, 0.5) is 0 Å². The fraction of sp³-hybridized carbons (Fsp3) is 0.556. The van der Waals surface area contributed by atoms with Gasteiger partial charge in [0.05, 0.1) is 16.0 Å². The number of carbonyl (C=O) groups is 1. The SMILES string of the molecule is C[C@@H](NC(=O)CSc1nc2cc(Cl)ccc2s1)[C@@H]1C[C@H]2CC[C@H]1C2. The van der Waals surface area contributed by atoms with Crippen molar-refractivity contribution in [1.82, 2.24) is 10.3 Å². The summed E-state index contributed by atoms with van der Waals surface area (Å²) in [5.74, 6) is 2.99. The van der Waals surface area contributed by atoms with Gasteiger partial charge in [-0.1, -0.05) is 29.8 Å². The van der Waals surface area contributed by atoms with E-state index < -0.39 is 0 Å². The molecule has 4 rings (SSSR count). The third-order valence-electron chi connectivity index (χ3n) is 5.48. The van der Waals surface area contributed by atoms with E-state index in [2.05, 4.69) is 17.2 Å². The van der Waals surface area contributed by atoms with Crippen LogP contribution in [-0.2, 0) is 4.79 Å². The van der Waals surface area contributed by atoms with Crippen LogP contribution in [0.1, 0.15) is 32.6 Å². The maximum atomic E-state index is 12.3. The Kier molecular flexibility index (Phi) is 4.76. The van der Waals surface area contributed by atoms with Crippen LogP contribution in [0.3, 0.4) is 0 Å². The molecule has 1 heterocycles. The smallest absolute Gasteiger partial charge is 0.230 e. The second-order valence-corrected chi connectivity index (χ2v) is 9.76. The van der Waals surface area contributed by atoms with E-state index in [0.717, 1.165) is 26.4 Å². The molecule has 2 aromatic rings. The predicted octanol–water partition coefficient (Wildman–Crippen LogP) is 4.98. The van der Waals surface area contributed by atoms with Crippen LogP contribution in [0, 0.1) is 17.8 Å². The summed E-state index contributed by atoms with van der Waals surface area (Å²) in [6.07, 6.45) is 5.45. The van der Waals surface area contributed by atoms with Crippen LogP contribution >= 0.6 is 34.7 Å². The number of hydrogen-bond donors (Lipinski definition) is 1. The van der Waals surface area contributed by atoms with E-state index in [-0.39, 0.29) is 5.91 Å². The van der Waals surface area contributed by atoms with E-state index in [1.807, 2.05) is 18.2 Å². The number of nitrogens with one attached hydrogen (secondary N) is 1. The molecule has 0 spiro atoms. The fourth-order valence-corrected chi connectivity index (χ4v) is 6.40. The van der Waals surface area contributed by atoms with E-state index >= 15 is 0 Å². The first-order chi connectivity index (χ1) is 11.6. The largest absolute Gasteiger partial charge is 0.353 e. The van der Waals surface area contributed by atoms with Gasteiger partial charge in [0.25, 0.3) is 0 Å². The Hall–Kier alpha value is -0.780. The van der Waals surface area contributed by atoms with Crippen molar-refractivity contribution >= 4 is 50.8 Å². The number of aromatic nitrogens is 1. The maximum absolute atomic E-state index is 12.3. The monoisotopic (exact) mass is 380 g/mol. The van der Waals surface area contributed by atoms with Crippen LogP contribution in [0.25, 0.3) is 10.2 Å². The third-order valence-corrected chi connectivity index (χ3v) is 7.89. The number of amides is 1. The molecular formula is C18H21ClN2OS2. The Morgan fingerprint density at radius 2 is 2.33 bits per heavy atom. The number of nitrogens with zero attached hydrogens (tertiary/aromatic N) is 1. The number of carbonyl (C=O) groups excluding carboxylic acids is 1. The molecule has 1 amide bonds. The molecule has 2 aliphatic carbocycles. The first-order valence-electron chi connectivity index (χ1n) is 8.57. The van der Waals surface area contributed by atoms with Crippen molar-refractivity contribution in [3.05, 3.63) is 23.2 Å². The van der Waals surface area contributed by atoms with E-state index in [9.17, 15) is 4.79 Å². The van der Waals surface area contributed by atoms with Crippen LogP contribution in [-0.4, -0.2) is 22.7 Å². The maximum Gasteiger partial charge on any atom is 0.230 e. The van der Waals surface area contributed by atoms with E-state index in [0.29, 0.717) is 22.7 Å². The lowest BCUT2D eigenvalue weighted by Gasteiger charge is -2.28. The summed E-state index contributed by atoms with van der Waals surface area (Å²) in [5, 5.41) is 3.91. The summed E-state index contributed by atoms with van der Waals surface area (Å²) < 4.78 is 2.03. The minimum atomic E-state index is 0.118.